The van der Waals surface area contributed by atoms with Gasteiger partial charge in [0.05, 0.1) is 11.0 Å². The van der Waals surface area contributed by atoms with Crippen LogP contribution in [0.2, 0.25) is 0 Å². The predicted molar refractivity (Wildman–Crippen MR) is 267 cm³/mol. The third kappa shape index (κ3) is 6.17. The van der Waals surface area contributed by atoms with Gasteiger partial charge in [0, 0.05) is 38.9 Å². The summed E-state index contributed by atoms with van der Waals surface area (Å²) < 4.78 is 2.41. The average Bonchev–Trinajstić information content (AvgIpc) is 3.79. The summed E-state index contributed by atoms with van der Waals surface area (Å²) >= 11 is 0. The predicted octanol–water partition coefficient (Wildman–Crippen LogP) is 16.7. The fourth-order valence-electron chi connectivity index (χ4n) is 10.2. The van der Waals surface area contributed by atoms with E-state index in [-0.39, 0.29) is 5.41 Å². The number of para-hydroxylation sites is 1. The van der Waals surface area contributed by atoms with Gasteiger partial charge in [0.2, 0.25) is 0 Å². The lowest BCUT2D eigenvalue weighted by molar-refractivity contribution is 0.660. The largest absolute Gasteiger partial charge is 0.310 e. The molecule has 1 aliphatic rings. The zero-order valence-electron chi connectivity index (χ0n) is 35.3. The second kappa shape index (κ2) is 14.6. The van der Waals surface area contributed by atoms with Crippen LogP contribution < -0.4 is 4.90 Å². The summed E-state index contributed by atoms with van der Waals surface area (Å²) in [5.41, 5.74) is 19.4. The first-order chi connectivity index (χ1) is 31.0. The number of nitrogens with zero attached hydrogens (tertiary/aromatic N) is 2. The molecule has 0 radical (unpaired) electrons. The van der Waals surface area contributed by atoms with Crippen molar-refractivity contribution in [1.82, 2.24) is 4.57 Å². The molecule has 10 aromatic carbocycles. The molecule has 2 heteroatoms. The van der Waals surface area contributed by atoms with Crippen LogP contribution in [-0.4, -0.2) is 4.57 Å². The zero-order chi connectivity index (χ0) is 42.1. The number of aromatic nitrogens is 1. The second-order valence-corrected chi connectivity index (χ2v) is 17.4. The molecule has 0 aliphatic heterocycles. The first-order valence-electron chi connectivity index (χ1n) is 21.9. The quantitative estimate of drug-likeness (QED) is 0.156. The average molecular weight is 805 g/mol. The fraction of sp³-hybridized carbons (Fsp3) is 0.0492. The van der Waals surface area contributed by atoms with Crippen LogP contribution in [0.25, 0.3) is 82.8 Å². The minimum Gasteiger partial charge on any atom is -0.310 e. The highest BCUT2D eigenvalue weighted by Crippen LogP contribution is 2.51. The van der Waals surface area contributed by atoms with Crippen molar-refractivity contribution in [3.05, 3.63) is 242 Å². The van der Waals surface area contributed by atoms with Crippen LogP contribution in [0.15, 0.2) is 231 Å². The number of benzene rings is 10. The third-order valence-electron chi connectivity index (χ3n) is 13.4. The van der Waals surface area contributed by atoms with Crippen LogP contribution in [0.4, 0.5) is 17.1 Å². The molecule has 298 valence electrons. The molecular weight excluding hydrogens is 761 g/mol. The molecular formula is C61H44N2. The van der Waals surface area contributed by atoms with E-state index in [0.717, 1.165) is 22.7 Å². The summed E-state index contributed by atoms with van der Waals surface area (Å²) in [5.74, 6) is 0. The van der Waals surface area contributed by atoms with Crippen LogP contribution >= 0.6 is 0 Å². The van der Waals surface area contributed by atoms with Crippen LogP contribution in [0.1, 0.15) is 25.0 Å². The molecule has 0 N–H and O–H groups in total. The molecule has 1 aromatic heterocycles. The Bertz CT molecular complexity index is 3540. The molecule has 1 heterocycles. The van der Waals surface area contributed by atoms with Gasteiger partial charge >= 0.3 is 0 Å². The van der Waals surface area contributed by atoms with Crippen molar-refractivity contribution < 1.29 is 0 Å². The maximum absolute atomic E-state index is 2.42. The minimum atomic E-state index is -0.114. The van der Waals surface area contributed by atoms with Crippen LogP contribution in [0, 0.1) is 0 Å². The summed E-state index contributed by atoms with van der Waals surface area (Å²) in [4.78, 5) is 2.42. The Morgan fingerprint density at radius 3 is 1.79 bits per heavy atom. The topological polar surface area (TPSA) is 8.17 Å². The van der Waals surface area contributed by atoms with Crippen molar-refractivity contribution in [2.24, 2.45) is 0 Å². The minimum absolute atomic E-state index is 0.114. The normalized spacial score (nSPS) is 12.7. The maximum atomic E-state index is 2.42. The van der Waals surface area contributed by atoms with Gasteiger partial charge in [-0.05, 0) is 139 Å². The highest BCUT2D eigenvalue weighted by Gasteiger charge is 2.35. The van der Waals surface area contributed by atoms with Gasteiger partial charge in [0.25, 0.3) is 0 Å². The first-order valence-corrected chi connectivity index (χ1v) is 21.9. The lowest BCUT2D eigenvalue weighted by Crippen LogP contribution is -2.16. The molecule has 0 saturated heterocycles. The Morgan fingerprint density at radius 2 is 0.921 bits per heavy atom. The van der Waals surface area contributed by atoms with Gasteiger partial charge in [-0.3, -0.25) is 0 Å². The van der Waals surface area contributed by atoms with E-state index in [0.29, 0.717) is 0 Å². The van der Waals surface area contributed by atoms with Gasteiger partial charge in [-0.15, -0.1) is 0 Å². The number of rotatable bonds is 7. The molecule has 1 aliphatic carbocycles. The van der Waals surface area contributed by atoms with Crippen molar-refractivity contribution >= 4 is 49.6 Å². The highest BCUT2D eigenvalue weighted by atomic mass is 15.1. The Kier molecular flexibility index (Phi) is 8.55. The summed E-state index contributed by atoms with van der Waals surface area (Å²) in [6.07, 6.45) is 0. The van der Waals surface area contributed by atoms with Gasteiger partial charge in [-0.25, -0.2) is 0 Å². The molecule has 2 nitrogen and oxygen atoms in total. The molecule has 0 fully saturated rings. The fourth-order valence-corrected chi connectivity index (χ4v) is 10.2. The Morgan fingerprint density at radius 1 is 0.333 bits per heavy atom. The molecule has 0 unspecified atom stereocenters. The van der Waals surface area contributed by atoms with E-state index in [2.05, 4.69) is 254 Å². The van der Waals surface area contributed by atoms with Gasteiger partial charge in [0.1, 0.15) is 0 Å². The molecule has 0 bridgehead atoms. The van der Waals surface area contributed by atoms with Crippen molar-refractivity contribution in [2.45, 2.75) is 19.3 Å². The van der Waals surface area contributed by atoms with Gasteiger partial charge < -0.3 is 9.47 Å². The monoisotopic (exact) mass is 804 g/mol. The van der Waals surface area contributed by atoms with Crippen molar-refractivity contribution in [3.63, 3.8) is 0 Å². The summed E-state index contributed by atoms with van der Waals surface area (Å²) in [5, 5.41) is 4.98. The lowest BCUT2D eigenvalue weighted by atomic mass is 9.82. The van der Waals surface area contributed by atoms with Gasteiger partial charge in [0.15, 0.2) is 0 Å². The van der Waals surface area contributed by atoms with Crippen molar-refractivity contribution in [1.29, 1.82) is 0 Å². The number of hydrogen-bond donors (Lipinski definition) is 0. The Balaban J connectivity index is 0.957. The summed E-state index contributed by atoms with van der Waals surface area (Å²) in [7, 11) is 0. The Labute approximate surface area is 368 Å². The highest BCUT2D eigenvalue weighted by molar-refractivity contribution is 6.10. The molecule has 0 amide bonds. The van der Waals surface area contributed by atoms with E-state index in [4.69, 9.17) is 0 Å². The lowest BCUT2D eigenvalue weighted by Gasteiger charge is -2.28. The summed E-state index contributed by atoms with van der Waals surface area (Å²) in [6.45, 7) is 4.72. The van der Waals surface area contributed by atoms with Crippen molar-refractivity contribution in [3.8, 4) is 50.2 Å². The molecule has 0 atom stereocenters. The molecule has 12 rings (SSSR count). The molecule has 0 spiro atoms. The molecule has 0 saturated carbocycles. The number of fused-ring (bicyclic) bond motifs is 7. The van der Waals surface area contributed by atoms with E-state index in [9.17, 15) is 0 Å². The molecule has 11 aromatic rings. The Hall–Kier alpha value is -7.94. The van der Waals surface area contributed by atoms with E-state index in [1.165, 1.54) is 88.2 Å². The maximum Gasteiger partial charge on any atom is 0.0541 e. The summed E-state index contributed by atoms with van der Waals surface area (Å²) in [6, 6.07) is 84.7. The van der Waals surface area contributed by atoms with Crippen LogP contribution in [0.3, 0.4) is 0 Å². The standard InChI is InChI=1S/C61H44N2/c1-61(2)57-24-10-8-22-53(57)54-34-33-52(40-58(54)61)62(50-20-13-19-46(38-50)47-27-26-42-16-6-7-17-44(42)36-47)49-31-28-43(29-32-49)48-30-35-60-56(39-48)55-23-9-11-25-59(55)63(60)51-21-12-18-45(37-51)41-14-4-3-5-15-41/h3-40H,1-2H3. The van der Waals surface area contributed by atoms with Gasteiger partial charge in [-0.2, -0.15) is 0 Å². The van der Waals surface area contributed by atoms with Crippen molar-refractivity contribution in [2.75, 3.05) is 4.90 Å². The number of anilines is 3. The first kappa shape index (κ1) is 36.9. The number of hydrogen-bond acceptors (Lipinski definition) is 1. The van der Waals surface area contributed by atoms with E-state index in [1.807, 2.05) is 0 Å². The smallest absolute Gasteiger partial charge is 0.0541 e. The van der Waals surface area contributed by atoms with Gasteiger partial charge in [-0.1, -0.05) is 172 Å². The van der Waals surface area contributed by atoms with Crippen LogP contribution in [-0.2, 0) is 5.41 Å². The van der Waals surface area contributed by atoms with Crippen LogP contribution in [0.5, 0.6) is 0 Å². The van der Waals surface area contributed by atoms with E-state index >= 15 is 0 Å². The SMILES string of the molecule is CC1(C)c2ccccc2-c2ccc(N(c3ccc(-c4ccc5c(c4)c4ccccc4n5-c4cccc(-c5ccccc5)c4)cc3)c3cccc(-c4ccc5ccccc5c4)c3)cc21. The second-order valence-electron chi connectivity index (χ2n) is 17.4. The molecule has 63 heavy (non-hydrogen) atoms. The van der Waals surface area contributed by atoms with E-state index in [1.54, 1.807) is 0 Å². The zero-order valence-corrected chi connectivity index (χ0v) is 35.3. The van der Waals surface area contributed by atoms with E-state index < -0.39 is 0 Å². The third-order valence-corrected chi connectivity index (χ3v) is 13.4.